The molecule has 3 nitrogen and oxygen atoms in total. The number of carboxylic acids is 1. The van der Waals surface area contributed by atoms with Gasteiger partial charge in [-0.1, -0.05) is 11.6 Å². The molecule has 1 rings (SSSR count). The molecular formula is C13H16F2O3. The predicted molar refractivity (Wildman–Crippen MR) is 63.2 cm³/mol. The van der Waals surface area contributed by atoms with E-state index in [1.807, 2.05) is 0 Å². The van der Waals surface area contributed by atoms with Gasteiger partial charge in [-0.05, 0) is 25.5 Å². The molecule has 0 aromatic heterocycles. The van der Waals surface area contributed by atoms with Gasteiger partial charge >= 0.3 is 5.97 Å². The third-order valence-corrected chi connectivity index (χ3v) is 2.67. The van der Waals surface area contributed by atoms with E-state index < -0.39 is 24.7 Å². The van der Waals surface area contributed by atoms with E-state index in [2.05, 4.69) is 0 Å². The Labute approximate surface area is 104 Å². The number of hydrogen-bond donors (Lipinski definition) is 1. The third kappa shape index (κ3) is 3.18. The molecule has 0 atom stereocenters. The summed E-state index contributed by atoms with van der Waals surface area (Å²) in [5.41, 5.74) is 1.06. The van der Waals surface area contributed by atoms with Crippen molar-refractivity contribution in [1.82, 2.24) is 0 Å². The number of alkyl halides is 2. The van der Waals surface area contributed by atoms with Crippen molar-refractivity contribution in [3.63, 3.8) is 0 Å². The van der Waals surface area contributed by atoms with Crippen LogP contribution in [-0.4, -0.2) is 18.2 Å². The van der Waals surface area contributed by atoms with Crippen LogP contribution >= 0.6 is 0 Å². The van der Waals surface area contributed by atoms with E-state index in [1.165, 1.54) is 13.2 Å². The molecule has 0 aliphatic carbocycles. The summed E-state index contributed by atoms with van der Waals surface area (Å²) in [6.07, 6.45) is -1.31. The molecule has 1 aromatic carbocycles. The Bertz CT molecular complexity index is 456. The topological polar surface area (TPSA) is 46.5 Å². The highest BCUT2D eigenvalue weighted by Gasteiger charge is 2.35. The first-order valence-corrected chi connectivity index (χ1v) is 5.53. The van der Waals surface area contributed by atoms with Crippen molar-refractivity contribution < 1.29 is 23.4 Å². The van der Waals surface area contributed by atoms with Gasteiger partial charge in [0.1, 0.15) is 5.75 Å². The lowest BCUT2D eigenvalue weighted by atomic mass is 9.97. The molecule has 1 N–H and O–H groups in total. The molecule has 0 saturated heterocycles. The first-order valence-electron chi connectivity index (χ1n) is 5.53. The molecule has 0 aliphatic heterocycles. The SMILES string of the molecule is COc1c(C)cc(C)cc1C(F)(F)CCC(=O)O. The predicted octanol–water partition coefficient (Wildman–Crippen LogP) is 3.27. The summed E-state index contributed by atoms with van der Waals surface area (Å²) in [6, 6.07) is 3.09. The Morgan fingerprint density at radius 3 is 2.50 bits per heavy atom. The van der Waals surface area contributed by atoms with E-state index in [0.29, 0.717) is 11.1 Å². The molecule has 0 aliphatic rings. The number of methoxy groups -OCH3 is 1. The minimum absolute atomic E-state index is 0.121. The van der Waals surface area contributed by atoms with Gasteiger partial charge in [0.05, 0.1) is 19.1 Å². The highest BCUT2D eigenvalue weighted by atomic mass is 19.3. The zero-order valence-corrected chi connectivity index (χ0v) is 10.6. The zero-order chi connectivity index (χ0) is 13.9. The summed E-state index contributed by atoms with van der Waals surface area (Å²) in [7, 11) is 1.33. The summed E-state index contributed by atoms with van der Waals surface area (Å²) in [5.74, 6) is -4.32. The highest BCUT2D eigenvalue weighted by molar-refractivity contribution is 5.66. The molecule has 0 radical (unpaired) electrons. The Morgan fingerprint density at radius 1 is 1.39 bits per heavy atom. The first kappa shape index (κ1) is 14.4. The number of hydrogen-bond acceptors (Lipinski definition) is 2. The van der Waals surface area contributed by atoms with Crippen molar-refractivity contribution in [2.45, 2.75) is 32.6 Å². The Balaban J connectivity index is 3.17. The normalized spacial score (nSPS) is 11.4. The van der Waals surface area contributed by atoms with Crippen LogP contribution in [0.4, 0.5) is 8.78 Å². The molecule has 0 spiro atoms. The second kappa shape index (κ2) is 5.33. The average Bonchev–Trinajstić information content (AvgIpc) is 2.25. The third-order valence-electron chi connectivity index (χ3n) is 2.67. The van der Waals surface area contributed by atoms with Crippen LogP contribution in [0, 0.1) is 13.8 Å². The van der Waals surface area contributed by atoms with Gasteiger partial charge in [0.15, 0.2) is 0 Å². The van der Waals surface area contributed by atoms with E-state index in [4.69, 9.17) is 9.84 Å². The molecule has 1 aromatic rings. The minimum Gasteiger partial charge on any atom is -0.496 e. The molecule has 100 valence electrons. The number of benzene rings is 1. The van der Waals surface area contributed by atoms with E-state index >= 15 is 0 Å². The van der Waals surface area contributed by atoms with Crippen LogP contribution in [0.5, 0.6) is 5.75 Å². The number of ether oxygens (including phenoxy) is 1. The summed E-state index contributed by atoms with van der Waals surface area (Å²) < 4.78 is 33.0. The van der Waals surface area contributed by atoms with Crippen LogP contribution in [0.3, 0.4) is 0 Å². The van der Waals surface area contributed by atoms with Crippen molar-refractivity contribution in [1.29, 1.82) is 0 Å². The maximum Gasteiger partial charge on any atom is 0.303 e. The molecule has 0 amide bonds. The molecule has 18 heavy (non-hydrogen) atoms. The van der Waals surface area contributed by atoms with Crippen LogP contribution in [0.15, 0.2) is 12.1 Å². The maximum absolute atomic E-state index is 14.0. The molecule has 0 saturated carbocycles. The number of rotatable bonds is 5. The fraction of sp³-hybridized carbons (Fsp3) is 0.462. The van der Waals surface area contributed by atoms with Crippen molar-refractivity contribution in [3.8, 4) is 5.75 Å². The van der Waals surface area contributed by atoms with Gasteiger partial charge in [-0.3, -0.25) is 4.79 Å². The van der Waals surface area contributed by atoms with Gasteiger partial charge in [-0.25, -0.2) is 8.78 Å². The van der Waals surface area contributed by atoms with Crippen molar-refractivity contribution in [2.75, 3.05) is 7.11 Å². The van der Waals surface area contributed by atoms with Gasteiger partial charge in [-0.15, -0.1) is 0 Å². The molecular weight excluding hydrogens is 242 g/mol. The van der Waals surface area contributed by atoms with Crippen LogP contribution in [0.25, 0.3) is 0 Å². The lowest BCUT2D eigenvalue weighted by molar-refractivity contribution is -0.139. The first-order chi connectivity index (χ1) is 8.27. The monoisotopic (exact) mass is 258 g/mol. The summed E-state index contributed by atoms with van der Waals surface area (Å²) in [6.45, 7) is 3.39. The quantitative estimate of drug-likeness (QED) is 0.881. The van der Waals surface area contributed by atoms with E-state index in [1.54, 1.807) is 19.9 Å². The summed E-state index contributed by atoms with van der Waals surface area (Å²) >= 11 is 0. The van der Waals surface area contributed by atoms with Gasteiger partial charge in [0.2, 0.25) is 0 Å². The average molecular weight is 258 g/mol. The Hall–Kier alpha value is -1.65. The number of carbonyl (C=O) groups is 1. The van der Waals surface area contributed by atoms with E-state index in [0.717, 1.165) is 0 Å². The van der Waals surface area contributed by atoms with E-state index in [-0.39, 0.29) is 11.3 Å². The maximum atomic E-state index is 14.0. The number of halogens is 2. The van der Waals surface area contributed by atoms with Gasteiger partial charge in [0, 0.05) is 6.42 Å². The van der Waals surface area contributed by atoms with Crippen LogP contribution < -0.4 is 4.74 Å². The van der Waals surface area contributed by atoms with Gasteiger partial charge < -0.3 is 9.84 Å². The minimum atomic E-state index is -3.21. The second-order valence-corrected chi connectivity index (χ2v) is 4.26. The van der Waals surface area contributed by atoms with Crippen LogP contribution in [0.1, 0.15) is 29.5 Å². The Kier molecular flexibility index (Phi) is 4.27. The second-order valence-electron chi connectivity index (χ2n) is 4.26. The van der Waals surface area contributed by atoms with Crippen molar-refractivity contribution in [2.24, 2.45) is 0 Å². The Morgan fingerprint density at radius 2 is 2.00 bits per heavy atom. The van der Waals surface area contributed by atoms with Gasteiger partial charge in [0.25, 0.3) is 5.92 Å². The summed E-state index contributed by atoms with van der Waals surface area (Å²) in [5, 5.41) is 8.49. The van der Waals surface area contributed by atoms with Gasteiger partial charge in [-0.2, -0.15) is 0 Å². The lowest BCUT2D eigenvalue weighted by Crippen LogP contribution is -2.17. The standard InChI is InChI=1S/C13H16F2O3/c1-8-6-9(2)12(18-3)10(7-8)13(14,15)5-4-11(16)17/h6-7H,4-5H2,1-3H3,(H,16,17). The molecule has 0 bridgehead atoms. The molecule has 0 heterocycles. The largest absolute Gasteiger partial charge is 0.496 e. The highest BCUT2D eigenvalue weighted by Crippen LogP contribution is 2.40. The molecule has 0 unspecified atom stereocenters. The fourth-order valence-electron chi connectivity index (χ4n) is 1.90. The fourth-order valence-corrected chi connectivity index (χ4v) is 1.90. The number of aliphatic carboxylic acids is 1. The number of aryl methyl sites for hydroxylation is 2. The van der Waals surface area contributed by atoms with E-state index in [9.17, 15) is 13.6 Å². The lowest BCUT2D eigenvalue weighted by Gasteiger charge is -2.20. The summed E-state index contributed by atoms with van der Waals surface area (Å²) in [4.78, 5) is 10.4. The number of carboxylic acid groups (broad SMARTS) is 1. The van der Waals surface area contributed by atoms with Crippen molar-refractivity contribution in [3.05, 3.63) is 28.8 Å². The molecule has 5 heteroatoms. The zero-order valence-electron chi connectivity index (χ0n) is 10.6. The smallest absolute Gasteiger partial charge is 0.303 e. The van der Waals surface area contributed by atoms with Crippen LogP contribution in [0.2, 0.25) is 0 Å². The molecule has 0 fully saturated rings. The van der Waals surface area contributed by atoms with Crippen molar-refractivity contribution >= 4 is 5.97 Å². The van der Waals surface area contributed by atoms with Crippen LogP contribution in [-0.2, 0) is 10.7 Å².